The Hall–Kier alpha value is -3.48. The van der Waals surface area contributed by atoms with E-state index >= 15 is 0 Å². The van der Waals surface area contributed by atoms with Gasteiger partial charge in [-0.2, -0.15) is 0 Å². The van der Waals surface area contributed by atoms with Crippen LogP contribution >= 0.6 is 0 Å². The summed E-state index contributed by atoms with van der Waals surface area (Å²) in [6.45, 7) is 0.355. The fourth-order valence-electron chi connectivity index (χ4n) is 3.64. The van der Waals surface area contributed by atoms with Crippen LogP contribution in [-0.4, -0.2) is 24.8 Å². The van der Waals surface area contributed by atoms with Gasteiger partial charge in [0.1, 0.15) is 6.61 Å². The van der Waals surface area contributed by atoms with Crippen LogP contribution in [-0.2, 0) is 4.79 Å². The Labute approximate surface area is 154 Å². The summed E-state index contributed by atoms with van der Waals surface area (Å²) >= 11 is 0. The van der Waals surface area contributed by atoms with E-state index in [1.165, 1.54) is 0 Å². The molecule has 0 saturated heterocycles. The van der Waals surface area contributed by atoms with Crippen LogP contribution in [0.5, 0.6) is 11.5 Å². The molecule has 3 aromatic rings. The summed E-state index contributed by atoms with van der Waals surface area (Å²) in [5, 5.41) is 6.87. The molecule has 2 aliphatic rings. The van der Waals surface area contributed by atoms with E-state index in [1.807, 2.05) is 30.3 Å². The fraction of sp³-hybridized carbons (Fsp3) is 0.200. The SMILES string of the molecule is COc1cccc2c1OCC(C1CC(=O)Nc3onc(-c4ccco4)c31)=C2. The number of hydrogen-bond donors (Lipinski definition) is 1. The third-order valence-corrected chi connectivity index (χ3v) is 4.87. The third kappa shape index (κ3) is 2.51. The molecule has 1 unspecified atom stereocenters. The Balaban J connectivity index is 1.62. The highest BCUT2D eigenvalue weighted by Gasteiger charge is 2.36. The number of anilines is 1. The molecule has 2 aromatic heterocycles. The number of carbonyl (C=O) groups excluding carboxylic acids is 1. The van der Waals surface area contributed by atoms with Crippen molar-refractivity contribution in [3.8, 4) is 23.0 Å². The zero-order valence-corrected chi connectivity index (χ0v) is 14.5. The Morgan fingerprint density at radius 2 is 2.19 bits per heavy atom. The number of furan rings is 1. The number of amides is 1. The normalized spacial score (nSPS) is 18.0. The van der Waals surface area contributed by atoms with E-state index in [1.54, 1.807) is 19.4 Å². The van der Waals surface area contributed by atoms with Crippen LogP contribution in [0.25, 0.3) is 17.5 Å². The molecule has 1 amide bonds. The van der Waals surface area contributed by atoms with Gasteiger partial charge in [0.05, 0.1) is 18.9 Å². The number of ether oxygens (including phenoxy) is 2. The highest BCUT2D eigenvalue weighted by Crippen LogP contribution is 2.46. The van der Waals surface area contributed by atoms with Gasteiger partial charge in [-0.3, -0.25) is 10.1 Å². The molecule has 0 saturated carbocycles. The smallest absolute Gasteiger partial charge is 0.235 e. The summed E-state index contributed by atoms with van der Waals surface area (Å²) in [5.74, 6) is 2.03. The topological polar surface area (TPSA) is 86.7 Å². The van der Waals surface area contributed by atoms with E-state index in [0.29, 0.717) is 35.4 Å². The van der Waals surface area contributed by atoms with Crippen molar-refractivity contribution >= 4 is 17.9 Å². The molecular formula is C20H16N2O5. The second kappa shape index (κ2) is 6.05. The summed E-state index contributed by atoms with van der Waals surface area (Å²) < 4.78 is 22.2. The van der Waals surface area contributed by atoms with Crippen LogP contribution in [0, 0.1) is 0 Å². The number of fused-ring (bicyclic) bond motifs is 2. The molecule has 0 aliphatic carbocycles. The molecule has 0 spiro atoms. The van der Waals surface area contributed by atoms with E-state index in [9.17, 15) is 4.79 Å². The monoisotopic (exact) mass is 364 g/mol. The van der Waals surface area contributed by atoms with Crippen molar-refractivity contribution in [3.63, 3.8) is 0 Å². The average molecular weight is 364 g/mol. The van der Waals surface area contributed by atoms with Crippen LogP contribution in [0.2, 0.25) is 0 Å². The summed E-state index contributed by atoms with van der Waals surface area (Å²) in [4.78, 5) is 12.2. The lowest BCUT2D eigenvalue weighted by Crippen LogP contribution is -2.25. The van der Waals surface area contributed by atoms with Gasteiger partial charge in [-0.15, -0.1) is 0 Å². The van der Waals surface area contributed by atoms with Gasteiger partial charge in [0.25, 0.3) is 0 Å². The maximum atomic E-state index is 12.2. The number of benzene rings is 1. The van der Waals surface area contributed by atoms with Crippen molar-refractivity contribution in [2.45, 2.75) is 12.3 Å². The highest BCUT2D eigenvalue weighted by molar-refractivity contribution is 5.95. The molecule has 0 fully saturated rings. The minimum atomic E-state index is -0.209. The number of nitrogens with zero attached hydrogens (tertiary/aromatic N) is 1. The number of methoxy groups -OCH3 is 1. The predicted octanol–water partition coefficient (Wildman–Crippen LogP) is 3.85. The van der Waals surface area contributed by atoms with Crippen LogP contribution < -0.4 is 14.8 Å². The molecule has 0 radical (unpaired) electrons. The zero-order valence-electron chi connectivity index (χ0n) is 14.5. The lowest BCUT2D eigenvalue weighted by Gasteiger charge is -2.27. The Kier molecular flexibility index (Phi) is 3.53. The van der Waals surface area contributed by atoms with Crippen LogP contribution in [0.15, 0.2) is 51.1 Å². The van der Waals surface area contributed by atoms with Crippen molar-refractivity contribution < 1.29 is 23.2 Å². The molecule has 2 aliphatic heterocycles. The number of para-hydroxylation sites is 1. The molecule has 1 aromatic carbocycles. The van der Waals surface area contributed by atoms with Crippen LogP contribution in [0.3, 0.4) is 0 Å². The van der Waals surface area contributed by atoms with Gasteiger partial charge in [-0.25, -0.2) is 0 Å². The molecule has 27 heavy (non-hydrogen) atoms. The number of carbonyl (C=O) groups is 1. The number of rotatable bonds is 3. The number of nitrogens with one attached hydrogen (secondary N) is 1. The predicted molar refractivity (Wildman–Crippen MR) is 96.7 cm³/mol. The zero-order chi connectivity index (χ0) is 18.4. The van der Waals surface area contributed by atoms with E-state index in [2.05, 4.69) is 10.5 Å². The number of aromatic nitrogens is 1. The van der Waals surface area contributed by atoms with Gasteiger partial charge in [-0.05, 0) is 29.8 Å². The summed E-state index contributed by atoms with van der Waals surface area (Å²) in [5.41, 5.74) is 3.30. The molecule has 7 heteroatoms. The lowest BCUT2D eigenvalue weighted by atomic mass is 9.83. The maximum Gasteiger partial charge on any atom is 0.235 e. The minimum Gasteiger partial charge on any atom is -0.493 e. The van der Waals surface area contributed by atoms with Gasteiger partial charge < -0.3 is 18.4 Å². The van der Waals surface area contributed by atoms with Gasteiger partial charge in [0, 0.05) is 17.9 Å². The van der Waals surface area contributed by atoms with E-state index in [-0.39, 0.29) is 18.2 Å². The number of hydrogen-bond acceptors (Lipinski definition) is 6. The standard InChI is InChI=1S/C20H16N2O5/c1-24-15-5-2-4-11-8-12(10-26-19(11)15)13-9-16(23)21-20-17(13)18(22-27-20)14-6-3-7-25-14/h2-8,13H,9-10H2,1H3,(H,21,23). The van der Waals surface area contributed by atoms with Crippen molar-refractivity contribution in [1.29, 1.82) is 0 Å². The molecule has 1 N–H and O–H groups in total. The Morgan fingerprint density at radius 3 is 3.00 bits per heavy atom. The van der Waals surface area contributed by atoms with Gasteiger partial charge in [0.15, 0.2) is 23.0 Å². The average Bonchev–Trinajstić information content (AvgIpc) is 3.35. The Bertz CT molecular complexity index is 1050. The molecule has 0 bridgehead atoms. The first-order chi connectivity index (χ1) is 13.2. The van der Waals surface area contributed by atoms with Gasteiger partial charge >= 0.3 is 0 Å². The van der Waals surface area contributed by atoms with Crippen LogP contribution in [0.4, 0.5) is 5.88 Å². The van der Waals surface area contributed by atoms with Crippen molar-refractivity contribution in [1.82, 2.24) is 5.16 Å². The molecular weight excluding hydrogens is 348 g/mol. The Morgan fingerprint density at radius 1 is 1.26 bits per heavy atom. The second-order valence-electron chi connectivity index (χ2n) is 6.44. The molecule has 136 valence electrons. The first-order valence-corrected chi connectivity index (χ1v) is 8.58. The minimum absolute atomic E-state index is 0.119. The quantitative estimate of drug-likeness (QED) is 0.760. The summed E-state index contributed by atoms with van der Waals surface area (Å²) in [7, 11) is 1.61. The summed E-state index contributed by atoms with van der Waals surface area (Å²) in [6, 6.07) is 9.34. The third-order valence-electron chi connectivity index (χ3n) is 4.87. The molecule has 4 heterocycles. The summed E-state index contributed by atoms with van der Waals surface area (Å²) in [6.07, 6.45) is 3.92. The van der Waals surface area contributed by atoms with Gasteiger partial charge in [-0.1, -0.05) is 17.3 Å². The maximum absolute atomic E-state index is 12.2. The molecule has 7 nitrogen and oxygen atoms in total. The van der Waals surface area contributed by atoms with Gasteiger partial charge in [0.2, 0.25) is 11.8 Å². The highest BCUT2D eigenvalue weighted by atomic mass is 16.5. The first kappa shape index (κ1) is 15.7. The van der Waals surface area contributed by atoms with Crippen LogP contribution in [0.1, 0.15) is 23.5 Å². The fourth-order valence-corrected chi connectivity index (χ4v) is 3.64. The van der Waals surface area contributed by atoms with E-state index in [0.717, 1.165) is 16.7 Å². The second-order valence-corrected chi connectivity index (χ2v) is 6.44. The van der Waals surface area contributed by atoms with E-state index in [4.69, 9.17) is 18.4 Å². The van der Waals surface area contributed by atoms with Crippen molar-refractivity contribution in [3.05, 3.63) is 53.3 Å². The first-order valence-electron chi connectivity index (χ1n) is 8.58. The van der Waals surface area contributed by atoms with Crippen molar-refractivity contribution in [2.24, 2.45) is 0 Å². The van der Waals surface area contributed by atoms with E-state index < -0.39 is 0 Å². The largest absolute Gasteiger partial charge is 0.493 e. The van der Waals surface area contributed by atoms with Crippen molar-refractivity contribution in [2.75, 3.05) is 19.0 Å². The lowest BCUT2D eigenvalue weighted by molar-refractivity contribution is -0.116. The molecule has 1 atom stereocenters. The molecule has 5 rings (SSSR count).